The molecule has 1 N–H and O–H groups in total. The van der Waals surface area contributed by atoms with Crippen molar-refractivity contribution in [1.82, 2.24) is 0 Å². The zero-order chi connectivity index (χ0) is 14.4. The Balaban J connectivity index is 2.50. The minimum Gasteiger partial charge on any atom is -0.481 e. The largest absolute Gasteiger partial charge is 0.481 e. The van der Waals surface area contributed by atoms with Gasteiger partial charge < -0.3 is 5.11 Å². The molecule has 1 aromatic carbocycles. The summed E-state index contributed by atoms with van der Waals surface area (Å²) in [6.07, 6.45) is 1.55. The molecule has 0 unspecified atom stereocenters. The van der Waals surface area contributed by atoms with E-state index in [4.69, 9.17) is 5.11 Å². The molecule has 1 aliphatic carbocycles. The molecule has 104 valence electrons. The van der Waals surface area contributed by atoms with Crippen LogP contribution in [0.15, 0.2) is 17.0 Å². The highest BCUT2D eigenvalue weighted by atomic mass is 32.2. The second-order valence-electron chi connectivity index (χ2n) is 4.89. The van der Waals surface area contributed by atoms with Crippen LogP contribution in [-0.2, 0) is 20.0 Å². The summed E-state index contributed by atoms with van der Waals surface area (Å²) in [4.78, 5) is 9.77. The van der Waals surface area contributed by atoms with Crippen molar-refractivity contribution in [3.8, 4) is 0 Å². The number of aliphatic carboxylic acids is 1. The van der Waals surface area contributed by atoms with Gasteiger partial charge in [0, 0.05) is 11.7 Å². The van der Waals surface area contributed by atoms with Crippen molar-refractivity contribution in [1.29, 1.82) is 0 Å². The molecule has 1 aromatic rings. The molecule has 1 saturated carbocycles. The average Bonchev–Trinajstić information content (AvgIpc) is 2.94. The zero-order valence-corrected chi connectivity index (χ0v) is 10.9. The lowest BCUT2D eigenvalue weighted by molar-refractivity contribution is -0.137. The number of benzene rings is 1. The molecule has 0 bridgehead atoms. The lowest BCUT2D eigenvalue weighted by atomic mass is 9.92. The lowest BCUT2D eigenvalue weighted by Gasteiger charge is -2.14. The van der Waals surface area contributed by atoms with Crippen molar-refractivity contribution >= 4 is 15.8 Å². The Morgan fingerprint density at radius 3 is 2.11 bits per heavy atom. The summed E-state index contributed by atoms with van der Waals surface area (Å²) >= 11 is 0. The van der Waals surface area contributed by atoms with Crippen LogP contribution in [-0.4, -0.2) is 25.7 Å². The van der Waals surface area contributed by atoms with Crippen LogP contribution in [0.4, 0.5) is 8.78 Å². The number of carboxylic acid groups (broad SMARTS) is 1. The molecule has 0 saturated heterocycles. The van der Waals surface area contributed by atoms with Gasteiger partial charge in [0.2, 0.25) is 0 Å². The molecule has 2 rings (SSSR count). The molecule has 0 heterocycles. The molecular weight excluding hydrogens is 278 g/mol. The van der Waals surface area contributed by atoms with Crippen molar-refractivity contribution in [3.05, 3.63) is 29.3 Å². The summed E-state index contributed by atoms with van der Waals surface area (Å²) in [6.45, 7) is 0. The molecular formula is C12H12F2O4S. The smallest absolute Gasteiger partial charge is 0.304 e. The normalized spacial score (nSPS) is 17.2. The van der Waals surface area contributed by atoms with Gasteiger partial charge in [0.1, 0.15) is 16.5 Å². The molecule has 0 atom stereocenters. The minimum atomic E-state index is -4.00. The first-order valence-corrected chi connectivity index (χ1v) is 7.46. The molecule has 0 spiro atoms. The number of carboxylic acids is 1. The van der Waals surface area contributed by atoms with Gasteiger partial charge >= 0.3 is 5.97 Å². The molecule has 4 nitrogen and oxygen atoms in total. The topological polar surface area (TPSA) is 71.4 Å². The second kappa shape index (κ2) is 4.26. The third-order valence-corrected chi connectivity index (χ3v) is 4.46. The van der Waals surface area contributed by atoms with E-state index in [1.165, 1.54) is 0 Å². The Morgan fingerprint density at radius 1 is 1.32 bits per heavy atom. The van der Waals surface area contributed by atoms with E-state index in [2.05, 4.69) is 0 Å². The molecule has 0 amide bonds. The van der Waals surface area contributed by atoms with Crippen molar-refractivity contribution < 1.29 is 27.1 Å². The second-order valence-corrected chi connectivity index (χ2v) is 6.84. The van der Waals surface area contributed by atoms with Crippen molar-refractivity contribution in [2.75, 3.05) is 6.26 Å². The lowest BCUT2D eigenvalue weighted by Crippen LogP contribution is -2.15. The Morgan fingerprint density at radius 2 is 1.79 bits per heavy atom. The number of rotatable bonds is 4. The van der Waals surface area contributed by atoms with E-state index >= 15 is 0 Å². The van der Waals surface area contributed by atoms with E-state index in [1.807, 2.05) is 0 Å². The molecule has 1 aliphatic rings. The standard InChI is InChI=1S/C12H12F2O4S/c1-19(17,18)11-8(13)4-7(5-9(11)14)12(2-3-12)6-10(15)16/h4-5H,2-3,6H2,1H3,(H,15,16). The fourth-order valence-electron chi connectivity index (χ4n) is 2.23. The van der Waals surface area contributed by atoms with Crippen molar-refractivity contribution in [2.45, 2.75) is 29.6 Å². The van der Waals surface area contributed by atoms with Crippen LogP contribution in [0.3, 0.4) is 0 Å². The van der Waals surface area contributed by atoms with Gasteiger partial charge in [-0.2, -0.15) is 0 Å². The quantitative estimate of drug-likeness (QED) is 0.919. The van der Waals surface area contributed by atoms with Gasteiger partial charge in [0.15, 0.2) is 9.84 Å². The molecule has 19 heavy (non-hydrogen) atoms. The van der Waals surface area contributed by atoms with Gasteiger partial charge in [-0.1, -0.05) is 0 Å². The van der Waals surface area contributed by atoms with E-state index in [9.17, 15) is 22.0 Å². The summed E-state index contributed by atoms with van der Waals surface area (Å²) in [5.74, 6) is -3.39. The fraction of sp³-hybridized carbons (Fsp3) is 0.417. The number of hydrogen-bond donors (Lipinski definition) is 1. The fourth-order valence-corrected chi connectivity index (χ4v) is 3.05. The highest BCUT2D eigenvalue weighted by Gasteiger charge is 2.46. The SMILES string of the molecule is CS(=O)(=O)c1c(F)cc(C2(CC(=O)O)CC2)cc1F. The van der Waals surface area contributed by atoms with E-state index in [1.54, 1.807) is 0 Å². The van der Waals surface area contributed by atoms with Gasteiger partial charge in [-0.3, -0.25) is 4.79 Å². The summed E-state index contributed by atoms with van der Waals surface area (Å²) < 4.78 is 50.0. The van der Waals surface area contributed by atoms with Gasteiger partial charge in [0.25, 0.3) is 0 Å². The summed E-state index contributed by atoms with van der Waals surface area (Å²) in [5, 5.41) is 8.79. The summed E-state index contributed by atoms with van der Waals surface area (Å²) in [5.41, 5.74) is -0.555. The van der Waals surface area contributed by atoms with E-state index in [-0.39, 0.29) is 12.0 Å². The molecule has 7 heteroatoms. The van der Waals surface area contributed by atoms with Crippen LogP contribution < -0.4 is 0 Å². The maximum Gasteiger partial charge on any atom is 0.304 e. The number of carbonyl (C=O) groups is 1. The van der Waals surface area contributed by atoms with E-state index < -0.39 is 37.8 Å². The van der Waals surface area contributed by atoms with Crippen LogP contribution in [0, 0.1) is 11.6 Å². The first kappa shape index (κ1) is 13.9. The molecule has 1 fully saturated rings. The zero-order valence-electron chi connectivity index (χ0n) is 10.1. The van der Waals surface area contributed by atoms with Crippen LogP contribution in [0.1, 0.15) is 24.8 Å². The highest BCUT2D eigenvalue weighted by Crippen LogP contribution is 2.51. The van der Waals surface area contributed by atoms with Crippen LogP contribution in [0.5, 0.6) is 0 Å². The van der Waals surface area contributed by atoms with Crippen molar-refractivity contribution in [3.63, 3.8) is 0 Å². The predicted molar refractivity (Wildman–Crippen MR) is 62.6 cm³/mol. The average molecular weight is 290 g/mol. The first-order chi connectivity index (χ1) is 8.66. The Labute approximate surface area is 109 Å². The first-order valence-electron chi connectivity index (χ1n) is 5.57. The monoisotopic (exact) mass is 290 g/mol. The number of sulfone groups is 1. The maximum atomic E-state index is 13.7. The predicted octanol–water partition coefficient (Wildman–Crippen LogP) is 1.87. The number of hydrogen-bond acceptors (Lipinski definition) is 3. The molecule has 0 aromatic heterocycles. The van der Waals surface area contributed by atoms with Crippen LogP contribution in [0.25, 0.3) is 0 Å². The van der Waals surface area contributed by atoms with E-state index in [0.29, 0.717) is 12.8 Å². The molecule has 0 radical (unpaired) electrons. The van der Waals surface area contributed by atoms with Gasteiger partial charge in [-0.25, -0.2) is 17.2 Å². The Kier molecular flexibility index (Phi) is 3.12. The third kappa shape index (κ3) is 2.60. The van der Waals surface area contributed by atoms with Crippen LogP contribution in [0.2, 0.25) is 0 Å². The highest BCUT2D eigenvalue weighted by molar-refractivity contribution is 7.90. The summed E-state index contributed by atoms with van der Waals surface area (Å²) in [6, 6.07) is 1.85. The Bertz CT molecular complexity index is 625. The van der Waals surface area contributed by atoms with Gasteiger partial charge in [-0.05, 0) is 30.5 Å². The Hall–Kier alpha value is -1.50. The van der Waals surface area contributed by atoms with Crippen molar-refractivity contribution in [2.24, 2.45) is 0 Å². The van der Waals surface area contributed by atoms with Crippen LogP contribution >= 0.6 is 0 Å². The number of halogens is 2. The van der Waals surface area contributed by atoms with Gasteiger partial charge in [-0.15, -0.1) is 0 Å². The summed E-state index contributed by atoms with van der Waals surface area (Å²) in [7, 11) is -4.00. The third-order valence-electron chi connectivity index (χ3n) is 3.32. The van der Waals surface area contributed by atoms with E-state index in [0.717, 1.165) is 18.4 Å². The minimum absolute atomic E-state index is 0.206. The maximum absolute atomic E-state index is 13.7. The molecule has 0 aliphatic heterocycles. The van der Waals surface area contributed by atoms with Gasteiger partial charge in [0.05, 0.1) is 6.42 Å².